The summed E-state index contributed by atoms with van der Waals surface area (Å²) in [6.45, 7) is 0. The van der Waals surface area contributed by atoms with E-state index in [0.717, 1.165) is 10.2 Å². The number of hydrogen-bond donors (Lipinski definition) is 0. The summed E-state index contributed by atoms with van der Waals surface area (Å²) in [5.41, 5.74) is 0.833. The normalized spacial score (nSPS) is 10.7. The Morgan fingerprint density at radius 2 is 2.27 bits per heavy atom. The summed E-state index contributed by atoms with van der Waals surface area (Å²) in [6, 6.07) is 1.88. The molecule has 2 aromatic rings. The average molecular weight is 206 g/mol. The molecule has 0 saturated heterocycles. The van der Waals surface area contributed by atoms with E-state index in [-0.39, 0.29) is 0 Å². The maximum absolute atomic E-state index is 5.80. The Kier molecular flexibility index (Phi) is 1.71. The molecular weight excluding hydrogens is 203 g/mol. The van der Waals surface area contributed by atoms with Crippen molar-refractivity contribution in [3.63, 3.8) is 0 Å². The molecule has 5 heteroatoms. The van der Waals surface area contributed by atoms with Gasteiger partial charge in [0.2, 0.25) is 0 Å². The van der Waals surface area contributed by atoms with Crippen LogP contribution in [0.15, 0.2) is 11.4 Å². The molecule has 0 aliphatic rings. The van der Waals surface area contributed by atoms with E-state index in [2.05, 4.69) is 9.97 Å². The van der Waals surface area contributed by atoms with Crippen LogP contribution in [0, 0.1) is 11.6 Å². The van der Waals surface area contributed by atoms with Gasteiger partial charge in [0.05, 0.1) is 10.2 Å². The second kappa shape index (κ2) is 2.59. The Morgan fingerprint density at radius 1 is 1.45 bits per heavy atom. The van der Waals surface area contributed by atoms with E-state index in [1.54, 1.807) is 0 Å². The zero-order chi connectivity index (χ0) is 7.84. The summed E-state index contributed by atoms with van der Waals surface area (Å²) < 4.78 is 0.903. The van der Waals surface area contributed by atoms with Crippen molar-refractivity contribution in [1.29, 1.82) is 0 Å². The number of thiophene rings is 1. The Bertz CT molecular complexity index is 398. The molecule has 0 aliphatic heterocycles. The summed E-state index contributed by atoms with van der Waals surface area (Å²) in [7, 11) is 0. The molecule has 0 aromatic carbocycles. The fraction of sp³-hybridized carbons (Fsp3) is 0. The fourth-order valence-corrected chi connectivity index (χ4v) is 2.07. The van der Waals surface area contributed by atoms with Gasteiger partial charge >= 0.3 is 5.28 Å². The summed E-state index contributed by atoms with van der Waals surface area (Å²) in [5.74, 6) is 0. The standard InChI is InChI=1S/C6H3Cl2N2S/c7-5-4-3(1-2-11-4)9-6(8)10-5/h1-2,8H/q+1. The number of rotatable bonds is 0. The highest BCUT2D eigenvalue weighted by atomic mass is 35.5. The maximum atomic E-state index is 5.80. The Balaban J connectivity index is 2.91. The second-order valence-corrected chi connectivity index (χ2v) is 3.57. The molecule has 0 radical (unpaired) electrons. The van der Waals surface area contributed by atoms with Crippen molar-refractivity contribution < 1.29 is 11.6 Å². The van der Waals surface area contributed by atoms with Gasteiger partial charge < -0.3 is 0 Å². The van der Waals surface area contributed by atoms with Crippen molar-refractivity contribution in [3.05, 3.63) is 21.9 Å². The van der Waals surface area contributed by atoms with Crippen LogP contribution in [-0.2, 0) is 0 Å². The van der Waals surface area contributed by atoms with E-state index < -0.39 is 0 Å². The van der Waals surface area contributed by atoms with Crippen LogP contribution in [-0.4, -0.2) is 9.97 Å². The predicted octanol–water partition coefficient (Wildman–Crippen LogP) is 2.04. The molecule has 11 heavy (non-hydrogen) atoms. The van der Waals surface area contributed by atoms with E-state index in [1.807, 2.05) is 11.4 Å². The Hall–Kier alpha value is -0.380. The Morgan fingerprint density at radius 3 is 3.09 bits per heavy atom. The van der Waals surface area contributed by atoms with Gasteiger partial charge in [0.25, 0.3) is 0 Å². The molecule has 0 spiro atoms. The topological polar surface area (TPSA) is 25.8 Å². The van der Waals surface area contributed by atoms with Gasteiger partial charge in [-0.1, -0.05) is 11.6 Å². The first-order valence-electron chi connectivity index (χ1n) is 2.85. The lowest BCUT2D eigenvalue weighted by atomic mass is 10.5. The van der Waals surface area contributed by atoms with Crippen molar-refractivity contribution in [2.24, 2.45) is 0 Å². The number of fused-ring (bicyclic) bond motifs is 1. The van der Waals surface area contributed by atoms with Crippen LogP contribution in [0.3, 0.4) is 0 Å². The van der Waals surface area contributed by atoms with Crippen LogP contribution in [0.25, 0.3) is 10.2 Å². The molecule has 2 nitrogen and oxygen atoms in total. The number of halogens is 2. The van der Waals surface area contributed by atoms with Crippen molar-refractivity contribution >= 4 is 33.2 Å². The van der Waals surface area contributed by atoms with Crippen LogP contribution in [0.4, 0.5) is 0 Å². The maximum Gasteiger partial charge on any atom is 0.419 e. The lowest BCUT2D eigenvalue weighted by molar-refractivity contribution is -0.303. The molecule has 0 bridgehead atoms. The van der Waals surface area contributed by atoms with E-state index in [1.165, 1.54) is 11.3 Å². The quantitative estimate of drug-likeness (QED) is 0.486. The molecule has 0 atom stereocenters. The lowest BCUT2D eigenvalue weighted by Gasteiger charge is -1.87. The first-order chi connectivity index (χ1) is 5.27. The molecule has 2 aromatic heterocycles. The smallest absolute Gasteiger partial charge is 0.173 e. The van der Waals surface area contributed by atoms with Gasteiger partial charge in [-0.25, -0.2) is 0 Å². The average Bonchev–Trinajstić information content (AvgIpc) is 2.34. The van der Waals surface area contributed by atoms with Gasteiger partial charge in [-0.05, 0) is 11.4 Å². The zero-order valence-electron chi connectivity index (χ0n) is 5.24. The van der Waals surface area contributed by atoms with Crippen molar-refractivity contribution in [2.75, 3.05) is 0 Å². The van der Waals surface area contributed by atoms with Crippen LogP contribution in [0.2, 0.25) is 10.4 Å². The second-order valence-electron chi connectivity index (χ2n) is 1.93. The first-order valence-corrected chi connectivity index (χ1v) is 4.52. The zero-order valence-corrected chi connectivity index (χ0v) is 7.63. The summed E-state index contributed by atoms with van der Waals surface area (Å²) >= 11 is 12.1. The predicted molar refractivity (Wildman–Crippen MR) is 43.0 cm³/mol. The van der Waals surface area contributed by atoms with Crippen molar-refractivity contribution in [3.8, 4) is 0 Å². The Labute approximate surface area is 76.8 Å². The minimum atomic E-state index is 0.306. The third kappa shape index (κ3) is 1.20. The van der Waals surface area contributed by atoms with E-state index >= 15 is 0 Å². The fourth-order valence-electron chi connectivity index (χ4n) is 0.808. The molecule has 0 amide bonds. The molecule has 2 heterocycles. The number of aromatic nitrogens is 2. The lowest BCUT2D eigenvalue weighted by Crippen LogP contribution is -1.84. The van der Waals surface area contributed by atoms with Crippen LogP contribution < -0.4 is 0 Å². The highest BCUT2D eigenvalue weighted by Gasteiger charge is 2.08. The van der Waals surface area contributed by atoms with Gasteiger partial charge in [-0.3, -0.25) is 0 Å². The third-order valence-corrected chi connectivity index (χ3v) is 2.72. The number of nitrogens with zero attached hydrogens (tertiary/aromatic N) is 2. The third-order valence-electron chi connectivity index (χ3n) is 1.24. The molecule has 0 N–H and O–H groups in total. The molecule has 0 saturated carbocycles. The largest absolute Gasteiger partial charge is 0.419 e. The van der Waals surface area contributed by atoms with Crippen molar-refractivity contribution in [2.45, 2.75) is 0 Å². The van der Waals surface area contributed by atoms with E-state index in [4.69, 9.17) is 23.2 Å². The molecular formula is C6H3Cl2N2S+. The monoisotopic (exact) mass is 205 g/mol. The minimum Gasteiger partial charge on any atom is -0.173 e. The number of hydrogen-bond acceptors (Lipinski definition) is 3. The minimum absolute atomic E-state index is 0.306. The molecule has 2 rings (SSSR count). The SMILES string of the molecule is Clc1nc([ClH+])nc2ccsc12. The van der Waals surface area contributed by atoms with E-state index in [0.29, 0.717) is 10.4 Å². The summed E-state index contributed by atoms with van der Waals surface area (Å²) in [4.78, 5) is 7.88. The molecule has 56 valence electrons. The summed E-state index contributed by atoms with van der Waals surface area (Å²) in [5, 5.41) is 2.68. The first kappa shape index (κ1) is 7.28. The molecule has 0 aliphatic carbocycles. The van der Waals surface area contributed by atoms with Crippen molar-refractivity contribution in [1.82, 2.24) is 9.97 Å². The van der Waals surface area contributed by atoms with E-state index in [9.17, 15) is 0 Å². The highest BCUT2D eigenvalue weighted by molar-refractivity contribution is 7.17. The summed E-state index contributed by atoms with van der Waals surface area (Å²) in [6.07, 6.45) is 0. The molecule has 0 unspecified atom stereocenters. The van der Waals surface area contributed by atoms with Gasteiger partial charge in [-0.2, -0.15) is 9.97 Å². The van der Waals surface area contributed by atoms with Gasteiger partial charge in [0.1, 0.15) is 0 Å². The van der Waals surface area contributed by atoms with Crippen LogP contribution in [0.1, 0.15) is 0 Å². The van der Waals surface area contributed by atoms with Gasteiger partial charge in [-0.15, -0.1) is 11.3 Å². The highest BCUT2D eigenvalue weighted by Crippen LogP contribution is 2.25. The van der Waals surface area contributed by atoms with Gasteiger partial charge in [0, 0.05) is 0 Å². The van der Waals surface area contributed by atoms with Gasteiger partial charge in [0.15, 0.2) is 16.8 Å². The van der Waals surface area contributed by atoms with Crippen LogP contribution >= 0.6 is 22.9 Å². The van der Waals surface area contributed by atoms with Crippen LogP contribution in [0.5, 0.6) is 0 Å². The molecule has 0 fully saturated rings.